The minimum Gasteiger partial charge on any atom is -0.342 e. The van der Waals surface area contributed by atoms with Crippen molar-refractivity contribution in [3.05, 3.63) is 57.5 Å². The van der Waals surface area contributed by atoms with Crippen LogP contribution in [0, 0.1) is 5.92 Å². The minimum absolute atomic E-state index is 0.0611. The Morgan fingerprint density at radius 3 is 2.47 bits per heavy atom. The summed E-state index contributed by atoms with van der Waals surface area (Å²) in [7, 11) is -3.89. The van der Waals surface area contributed by atoms with E-state index in [2.05, 4.69) is 4.72 Å². The van der Waals surface area contributed by atoms with E-state index in [4.69, 9.17) is 11.6 Å². The maximum atomic E-state index is 13.3. The summed E-state index contributed by atoms with van der Waals surface area (Å²) in [6, 6.07) is 9.91. The van der Waals surface area contributed by atoms with Crippen LogP contribution in [-0.2, 0) is 21.4 Å². The molecular formula is C24H30ClN4O4S+. The average molecular weight is 506 g/mol. The van der Waals surface area contributed by atoms with Crippen LogP contribution in [0.3, 0.4) is 0 Å². The van der Waals surface area contributed by atoms with E-state index in [1.54, 1.807) is 22.5 Å². The summed E-state index contributed by atoms with van der Waals surface area (Å²) < 4.78 is 29.8. The minimum atomic E-state index is -3.89. The molecule has 2 bridgehead atoms. The number of carbonyl (C=O) groups is 1. The molecule has 4 heterocycles. The van der Waals surface area contributed by atoms with Crippen LogP contribution in [0.15, 0.2) is 46.1 Å². The van der Waals surface area contributed by atoms with E-state index >= 15 is 0 Å². The lowest BCUT2D eigenvalue weighted by atomic mass is 9.82. The van der Waals surface area contributed by atoms with E-state index in [1.807, 2.05) is 11.0 Å². The lowest BCUT2D eigenvalue weighted by Crippen LogP contribution is -3.18. The Hall–Kier alpha value is -2.36. The Balaban J connectivity index is 1.34. The van der Waals surface area contributed by atoms with Crippen molar-refractivity contribution < 1.29 is 18.1 Å². The first-order chi connectivity index (χ1) is 16.2. The number of nitrogens with zero attached hydrogens (tertiary/aromatic N) is 2. The van der Waals surface area contributed by atoms with Gasteiger partial charge in [-0.15, -0.1) is 0 Å². The lowest BCUT2D eigenvalue weighted by molar-refractivity contribution is -0.937. The largest absolute Gasteiger partial charge is 0.342 e. The molecule has 8 nitrogen and oxygen atoms in total. The quantitative estimate of drug-likeness (QED) is 0.655. The summed E-state index contributed by atoms with van der Waals surface area (Å²) in [5.74, 6) is 0.815. The van der Waals surface area contributed by atoms with Crippen molar-refractivity contribution in [2.45, 2.75) is 49.6 Å². The number of anilines is 1. The second kappa shape index (κ2) is 9.02. The second-order valence-electron chi connectivity index (χ2n) is 9.79. The van der Waals surface area contributed by atoms with Crippen LogP contribution >= 0.6 is 11.6 Å². The van der Waals surface area contributed by atoms with Crippen LogP contribution in [0.2, 0.25) is 5.02 Å². The van der Waals surface area contributed by atoms with E-state index < -0.39 is 10.0 Å². The fourth-order valence-electron chi connectivity index (χ4n) is 5.93. The van der Waals surface area contributed by atoms with Gasteiger partial charge in [0.15, 0.2) is 0 Å². The van der Waals surface area contributed by atoms with Gasteiger partial charge in [0.1, 0.15) is 5.69 Å². The highest BCUT2D eigenvalue weighted by molar-refractivity contribution is 7.92. The number of likely N-dealkylation sites (tertiary alicyclic amines) is 2. The van der Waals surface area contributed by atoms with E-state index in [1.165, 1.54) is 24.3 Å². The SMILES string of the molecule is CC(=O)N1CCC([NH+]2C[C@@H]3C[C@H](C2)c2ccc(NS(=O)(=O)c4ccc(Cl)cc4)c(=O)n2C3)CC1. The molecule has 0 aliphatic carbocycles. The monoisotopic (exact) mass is 505 g/mol. The summed E-state index contributed by atoms with van der Waals surface area (Å²) in [5, 5.41) is 0.444. The van der Waals surface area contributed by atoms with Crippen molar-refractivity contribution in [3.8, 4) is 0 Å². The molecule has 0 spiro atoms. The number of rotatable bonds is 4. The molecule has 3 atom stereocenters. The molecule has 1 amide bonds. The molecule has 2 saturated heterocycles. The Kier molecular flexibility index (Phi) is 6.20. The van der Waals surface area contributed by atoms with Gasteiger partial charge in [0.25, 0.3) is 15.6 Å². The summed E-state index contributed by atoms with van der Waals surface area (Å²) in [6.07, 6.45) is 3.10. The van der Waals surface area contributed by atoms with Gasteiger partial charge >= 0.3 is 0 Å². The van der Waals surface area contributed by atoms with Crippen molar-refractivity contribution in [3.63, 3.8) is 0 Å². The smallest absolute Gasteiger partial charge is 0.275 e. The molecule has 0 radical (unpaired) electrons. The third-order valence-corrected chi connectivity index (χ3v) is 9.26. The van der Waals surface area contributed by atoms with E-state index in [-0.39, 0.29) is 28.0 Å². The predicted octanol–water partition coefficient (Wildman–Crippen LogP) is 1.32. The molecule has 2 fully saturated rings. The number of halogens is 1. The van der Waals surface area contributed by atoms with Gasteiger partial charge in [0.2, 0.25) is 5.91 Å². The van der Waals surface area contributed by atoms with Crippen LogP contribution in [0.1, 0.15) is 37.8 Å². The fourth-order valence-corrected chi connectivity index (χ4v) is 7.11. The van der Waals surface area contributed by atoms with Crippen LogP contribution in [0.4, 0.5) is 5.69 Å². The number of benzene rings is 1. The Morgan fingerprint density at radius 1 is 1.09 bits per heavy atom. The van der Waals surface area contributed by atoms with Crippen molar-refractivity contribution in [2.24, 2.45) is 5.92 Å². The Labute approximate surface area is 204 Å². The molecule has 2 N–H and O–H groups in total. The molecule has 182 valence electrons. The number of aromatic nitrogens is 1. The standard InChI is InChI=1S/C24H29ClN4O4S/c1-16(30)27-10-8-20(9-11-27)28-13-17-12-18(15-28)23-7-6-22(24(31)29(23)14-17)26-34(32,33)21-4-2-19(25)3-5-21/h2-7,17-18,20,26H,8-15H2,1H3/p+1/t17-,18+/m0/s1. The maximum Gasteiger partial charge on any atom is 0.275 e. The zero-order chi connectivity index (χ0) is 24.0. The van der Waals surface area contributed by atoms with Crippen molar-refractivity contribution in [1.29, 1.82) is 0 Å². The van der Waals surface area contributed by atoms with Gasteiger partial charge in [-0.05, 0) is 42.8 Å². The summed E-state index contributed by atoms with van der Waals surface area (Å²) >= 11 is 5.87. The van der Waals surface area contributed by atoms with Gasteiger partial charge in [-0.25, -0.2) is 8.42 Å². The zero-order valence-corrected chi connectivity index (χ0v) is 20.7. The highest BCUT2D eigenvalue weighted by Crippen LogP contribution is 2.31. The number of pyridine rings is 1. The molecule has 2 aromatic rings. The normalized spacial score (nSPS) is 25.0. The number of piperidine rings is 2. The van der Waals surface area contributed by atoms with E-state index in [0.29, 0.717) is 23.5 Å². The molecular weight excluding hydrogens is 476 g/mol. The predicted molar refractivity (Wildman–Crippen MR) is 130 cm³/mol. The number of hydrogen-bond donors (Lipinski definition) is 2. The number of quaternary nitrogens is 1. The molecule has 34 heavy (non-hydrogen) atoms. The number of hydrogen-bond acceptors (Lipinski definition) is 4. The first-order valence-electron chi connectivity index (χ1n) is 11.8. The molecule has 10 heteroatoms. The van der Waals surface area contributed by atoms with Gasteiger partial charge < -0.3 is 14.4 Å². The molecule has 1 aromatic carbocycles. The summed E-state index contributed by atoms with van der Waals surface area (Å²) in [4.78, 5) is 28.5. The molecule has 1 aromatic heterocycles. The summed E-state index contributed by atoms with van der Waals surface area (Å²) in [6.45, 7) is 5.87. The maximum absolute atomic E-state index is 13.3. The number of fused-ring (bicyclic) bond motifs is 4. The zero-order valence-electron chi connectivity index (χ0n) is 19.2. The number of carbonyl (C=O) groups excluding carboxylic acids is 1. The number of sulfonamides is 1. The Bertz CT molecular complexity index is 1250. The van der Waals surface area contributed by atoms with Gasteiger partial charge in [-0.3, -0.25) is 14.3 Å². The second-order valence-corrected chi connectivity index (χ2v) is 11.9. The first kappa shape index (κ1) is 23.4. The highest BCUT2D eigenvalue weighted by atomic mass is 35.5. The molecule has 1 unspecified atom stereocenters. The third kappa shape index (κ3) is 4.48. The van der Waals surface area contributed by atoms with Crippen molar-refractivity contribution in [1.82, 2.24) is 9.47 Å². The fraction of sp³-hybridized carbons (Fsp3) is 0.500. The third-order valence-electron chi connectivity index (χ3n) is 7.63. The first-order valence-corrected chi connectivity index (χ1v) is 13.7. The van der Waals surface area contributed by atoms with Crippen molar-refractivity contribution in [2.75, 3.05) is 30.9 Å². The van der Waals surface area contributed by atoms with Gasteiger partial charge in [0, 0.05) is 62.0 Å². The van der Waals surface area contributed by atoms with Crippen LogP contribution in [-0.4, -0.2) is 56.0 Å². The lowest BCUT2D eigenvalue weighted by Gasteiger charge is -2.45. The molecule has 0 saturated carbocycles. The average Bonchev–Trinajstić information content (AvgIpc) is 2.81. The van der Waals surface area contributed by atoms with Crippen molar-refractivity contribution >= 4 is 33.2 Å². The van der Waals surface area contributed by atoms with E-state index in [9.17, 15) is 18.0 Å². The number of nitrogens with one attached hydrogen (secondary N) is 2. The Morgan fingerprint density at radius 2 is 1.79 bits per heavy atom. The van der Waals surface area contributed by atoms with Crippen LogP contribution in [0.5, 0.6) is 0 Å². The van der Waals surface area contributed by atoms with Gasteiger partial charge in [0.05, 0.1) is 24.0 Å². The molecule has 3 aliphatic heterocycles. The highest BCUT2D eigenvalue weighted by Gasteiger charge is 2.41. The van der Waals surface area contributed by atoms with Crippen LogP contribution in [0.25, 0.3) is 0 Å². The van der Waals surface area contributed by atoms with Crippen LogP contribution < -0.4 is 15.2 Å². The topological polar surface area (TPSA) is 92.9 Å². The van der Waals surface area contributed by atoms with Gasteiger partial charge in [-0.1, -0.05) is 11.6 Å². The van der Waals surface area contributed by atoms with Gasteiger partial charge in [-0.2, -0.15) is 0 Å². The molecule has 5 rings (SSSR count). The molecule has 3 aliphatic rings. The summed E-state index contributed by atoms with van der Waals surface area (Å²) in [5.41, 5.74) is 0.775. The number of amides is 1. The van der Waals surface area contributed by atoms with E-state index in [0.717, 1.165) is 51.1 Å².